The van der Waals surface area contributed by atoms with Gasteiger partial charge >= 0.3 is 0 Å². The first-order valence-electron chi connectivity index (χ1n) is 8.45. The minimum absolute atomic E-state index is 0.251. The Balaban J connectivity index is 1.46. The molecule has 0 atom stereocenters. The zero-order valence-electron chi connectivity index (χ0n) is 14.0. The van der Waals surface area contributed by atoms with Crippen LogP contribution in [-0.2, 0) is 11.2 Å². The molecule has 1 aliphatic heterocycles. The van der Waals surface area contributed by atoms with Crippen molar-refractivity contribution in [3.63, 3.8) is 0 Å². The summed E-state index contributed by atoms with van der Waals surface area (Å²) < 4.78 is 4.25. The highest BCUT2D eigenvalue weighted by atomic mass is 32.1. The van der Waals surface area contributed by atoms with Crippen LogP contribution in [0.15, 0.2) is 24.4 Å². The van der Waals surface area contributed by atoms with Crippen molar-refractivity contribution in [2.45, 2.75) is 32.6 Å². The second kappa shape index (κ2) is 8.19. The average Bonchev–Trinajstić information content (AvgIpc) is 2.88. The highest BCUT2D eigenvalue weighted by Gasteiger charge is 2.20. The molecule has 1 amide bonds. The minimum Gasteiger partial charge on any atom is -0.345 e. The maximum atomic E-state index is 12.5. The highest BCUT2D eigenvalue weighted by Crippen LogP contribution is 2.19. The van der Waals surface area contributed by atoms with Crippen LogP contribution < -0.4 is 4.90 Å². The molecule has 3 rings (SSSR count). The van der Waals surface area contributed by atoms with Crippen molar-refractivity contribution in [3.05, 3.63) is 35.9 Å². The summed E-state index contributed by atoms with van der Waals surface area (Å²) in [6.07, 6.45) is 5.08. The third kappa shape index (κ3) is 4.50. The molecule has 0 spiro atoms. The normalized spacial score (nSPS) is 15.4. The van der Waals surface area contributed by atoms with E-state index < -0.39 is 0 Å². The zero-order chi connectivity index (χ0) is 16.8. The molecule has 0 bridgehead atoms. The molecule has 6 nitrogen and oxygen atoms in total. The molecular weight excluding hydrogens is 322 g/mol. The molecule has 1 aliphatic rings. The summed E-state index contributed by atoms with van der Waals surface area (Å²) in [6.45, 7) is 5.28. The van der Waals surface area contributed by atoms with E-state index in [0.717, 1.165) is 62.1 Å². The Morgan fingerprint density at radius 2 is 2.17 bits per heavy atom. The van der Waals surface area contributed by atoms with Crippen LogP contribution in [0, 0.1) is 6.92 Å². The fourth-order valence-corrected chi connectivity index (χ4v) is 3.62. The smallest absolute Gasteiger partial charge is 0.222 e. The maximum absolute atomic E-state index is 12.5. The molecule has 0 unspecified atom stereocenters. The van der Waals surface area contributed by atoms with Gasteiger partial charge in [0.1, 0.15) is 5.82 Å². The predicted octanol–water partition coefficient (Wildman–Crippen LogP) is 2.30. The van der Waals surface area contributed by atoms with Crippen molar-refractivity contribution >= 4 is 22.6 Å². The molecule has 0 radical (unpaired) electrons. The van der Waals surface area contributed by atoms with Gasteiger partial charge in [0.25, 0.3) is 0 Å². The second-order valence-electron chi connectivity index (χ2n) is 6.02. The molecular formula is C17H23N5OS. The van der Waals surface area contributed by atoms with E-state index in [9.17, 15) is 4.79 Å². The molecule has 24 heavy (non-hydrogen) atoms. The van der Waals surface area contributed by atoms with Gasteiger partial charge in [0.15, 0.2) is 0 Å². The first-order valence-corrected chi connectivity index (χ1v) is 9.22. The van der Waals surface area contributed by atoms with Crippen molar-refractivity contribution in [2.75, 3.05) is 31.1 Å². The molecule has 2 aromatic heterocycles. The SMILES string of the molecule is Cc1nsc(N2CCCN(C(=O)CCCc3ccccn3)CC2)n1. The van der Waals surface area contributed by atoms with Gasteiger partial charge in [-0.2, -0.15) is 4.37 Å². The summed E-state index contributed by atoms with van der Waals surface area (Å²) >= 11 is 1.44. The number of pyridine rings is 1. The van der Waals surface area contributed by atoms with Gasteiger partial charge in [0.2, 0.25) is 11.0 Å². The van der Waals surface area contributed by atoms with Crippen molar-refractivity contribution in [1.29, 1.82) is 0 Å². The van der Waals surface area contributed by atoms with E-state index in [1.165, 1.54) is 11.5 Å². The minimum atomic E-state index is 0.251. The lowest BCUT2D eigenvalue weighted by Crippen LogP contribution is -2.35. The molecule has 0 aromatic carbocycles. The van der Waals surface area contributed by atoms with Gasteiger partial charge in [0.05, 0.1) is 0 Å². The summed E-state index contributed by atoms with van der Waals surface area (Å²) in [4.78, 5) is 25.4. The van der Waals surface area contributed by atoms with Gasteiger partial charge in [-0.15, -0.1) is 0 Å². The van der Waals surface area contributed by atoms with E-state index in [-0.39, 0.29) is 5.91 Å². The van der Waals surface area contributed by atoms with Crippen molar-refractivity contribution in [3.8, 4) is 0 Å². The van der Waals surface area contributed by atoms with Crippen molar-refractivity contribution in [1.82, 2.24) is 19.2 Å². The van der Waals surface area contributed by atoms with Crippen LogP contribution in [0.1, 0.15) is 30.8 Å². The Bertz CT molecular complexity index is 660. The summed E-state index contributed by atoms with van der Waals surface area (Å²) in [5, 5.41) is 0.969. The van der Waals surface area contributed by atoms with E-state index in [0.29, 0.717) is 6.42 Å². The van der Waals surface area contributed by atoms with Gasteiger partial charge in [-0.05, 0) is 38.3 Å². The number of hydrogen-bond donors (Lipinski definition) is 0. The van der Waals surface area contributed by atoms with Gasteiger partial charge in [-0.1, -0.05) is 6.07 Å². The third-order valence-electron chi connectivity index (χ3n) is 4.19. The van der Waals surface area contributed by atoms with Crippen LogP contribution in [0.5, 0.6) is 0 Å². The Labute approximate surface area is 146 Å². The lowest BCUT2D eigenvalue weighted by molar-refractivity contribution is -0.131. The fourth-order valence-electron chi connectivity index (χ4n) is 2.90. The zero-order valence-corrected chi connectivity index (χ0v) is 14.8. The van der Waals surface area contributed by atoms with Gasteiger partial charge in [0, 0.05) is 56.0 Å². The molecule has 2 aromatic rings. The van der Waals surface area contributed by atoms with Crippen LogP contribution in [0.2, 0.25) is 0 Å². The first kappa shape index (κ1) is 16.8. The average molecular weight is 345 g/mol. The van der Waals surface area contributed by atoms with Crippen LogP contribution in [0.4, 0.5) is 5.13 Å². The molecule has 128 valence electrons. The number of amides is 1. The summed E-state index contributed by atoms with van der Waals surface area (Å²) in [5.74, 6) is 1.07. The Hall–Kier alpha value is -2.02. The molecule has 1 saturated heterocycles. The number of aryl methyl sites for hydroxylation is 2. The van der Waals surface area contributed by atoms with E-state index >= 15 is 0 Å². The van der Waals surface area contributed by atoms with E-state index in [4.69, 9.17) is 0 Å². The summed E-state index contributed by atoms with van der Waals surface area (Å²) in [7, 11) is 0. The molecule has 3 heterocycles. The molecule has 7 heteroatoms. The number of aromatic nitrogens is 3. The maximum Gasteiger partial charge on any atom is 0.222 e. The van der Waals surface area contributed by atoms with Crippen LogP contribution in [0.3, 0.4) is 0 Å². The Morgan fingerprint density at radius 1 is 1.25 bits per heavy atom. The summed E-state index contributed by atoms with van der Waals surface area (Å²) in [5.41, 5.74) is 1.05. The van der Waals surface area contributed by atoms with Crippen LogP contribution in [0.25, 0.3) is 0 Å². The predicted molar refractivity (Wildman–Crippen MR) is 95.2 cm³/mol. The topological polar surface area (TPSA) is 62.2 Å². The quantitative estimate of drug-likeness (QED) is 0.832. The van der Waals surface area contributed by atoms with E-state index in [2.05, 4.69) is 19.2 Å². The van der Waals surface area contributed by atoms with Gasteiger partial charge < -0.3 is 9.80 Å². The highest BCUT2D eigenvalue weighted by molar-refractivity contribution is 7.09. The van der Waals surface area contributed by atoms with E-state index in [1.54, 1.807) is 6.20 Å². The number of nitrogens with zero attached hydrogens (tertiary/aromatic N) is 5. The first-order chi connectivity index (χ1) is 11.7. The molecule has 0 saturated carbocycles. The van der Waals surface area contributed by atoms with Gasteiger partial charge in [-0.3, -0.25) is 9.78 Å². The van der Waals surface area contributed by atoms with E-state index in [1.807, 2.05) is 30.0 Å². The number of carbonyl (C=O) groups is 1. The van der Waals surface area contributed by atoms with Crippen LogP contribution >= 0.6 is 11.5 Å². The molecule has 1 fully saturated rings. The van der Waals surface area contributed by atoms with Crippen LogP contribution in [-0.4, -0.2) is 51.3 Å². The largest absolute Gasteiger partial charge is 0.345 e. The Kier molecular flexibility index (Phi) is 5.74. The number of anilines is 1. The van der Waals surface area contributed by atoms with Crippen molar-refractivity contribution < 1.29 is 4.79 Å². The standard InChI is InChI=1S/C17H23N5OS/c1-14-19-17(24-20-14)22-11-5-10-21(12-13-22)16(23)8-4-7-15-6-2-3-9-18-15/h2-3,6,9H,4-5,7-8,10-13H2,1H3. The monoisotopic (exact) mass is 345 g/mol. The molecule has 0 N–H and O–H groups in total. The fraction of sp³-hybridized carbons (Fsp3) is 0.529. The lowest BCUT2D eigenvalue weighted by Gasteiger charge is -2.21. The van der Waals surface area contributed by atoms with Gasteiger partial charge in [-0.25, -0.2) is 4.98 Å². The summed E-state index contributed by atoms with van der Waals surface area (Å²) in [6, 6.07) is 5.91. The Morgan fingerprint density at radius 3 is 2.92 bits per heavy atom. The van der Waals surface area contributed by atoms with Crippen molar-refractivity contribution in [2.24, 2.45) is 0 Å². The number of rotatable bonds is 5. The molecule has 0 aliphatic carbocycles. The number of carbonyl (C=O) groups excluding carboxylic acids is 1. The lowest BCUT2D eigenvalue weighted by atomic mass is 10.1. The third-order valence-corrected chi connectivity index (χ3v) is 5.05. The number of hydrogen-bond acceptors (Lipinski definition) is 6. The second-order valence-corrected chi connectivity index (χ2v) is 6.75.